The van der Waals surface area contributed by atoms with Crippen LogP contribution in [0.5, 0.6) is 11.5 Å². The summed E-state index contributed by atoms with van der Waals surface area (Å²) in [7, 11) is 1.45. The maximum absolute atomic E-state index is 12.9. The molecular weight excluding hydrogens is 372 g/mol. The number of aromatic nitrogens is 2. The molecule has 26 heavy (non-hydrogen) atoms. The molecule has 0 radical (unpaired) electrons. The smallest absolute Gasteiger partial charge is 0.274 e. The molecule has 2 aromatic carbocycles. The monoisotopic (exact) mass is 386 g/mol. The van der Waals surface area contributed by atoms with Crippen LogP contribution in [0.25, 0.3) is 22.1 Å². The van der Waals surface area contributed by atoms with Gasteiger partial charge in [0.05, 0.1) is 27.7 Å². The van der Waals surface area contributed by atoms with Crippen molar-refractivity contribution in [3.05, 3.63) is 60.9 Å². The lowest BCUT2D eigenvalue weighted by Crippen LogP contribution is -2.22. The highest BCUT2D eigenvalue weighted by atomic mass is 35.5. The number of rotatable bonds is 2. The molecule has 0 saturated heterocycles. The number of thiazole rings is 1. The Hall–Kier alpha value is -2.57. The summed E-state index contributed by atoms with van der Waals surface area (Å²) in [4.78, 5) is 18.2. The second-order valence-corrected chi connectivity index (χ2v) is 7.49. The van der Waals surface area contributed by atoms with E-state index in [9.17, 15) is 9.90 Å². The molecule has 0 saturated carbocycles. The Morgan fingerprint density at radius 3 is 2.81 bits per heavy atom. The first-order valence-electron chi connectivity index (χ1n) is 7.90. The molecular formula is C19H15ClN2O3S. The summed E-state index contributed by atoms with van der Waals surface area (Å²) in [5.74, 6) is 0.139. The molecule has 0 aliphatic carbocycles. The van der Waals surface area contributed by atoms with Crippen molar-refractivity contribution in [2.24, 2.45) is 0 Å². The fourth-order valence-corrected chi connectivity index (χ4v) is 4.15. The van der Waals surface area contributed by atoms with Gasteiger partial charge in [0, 0.05) is 0 Å². The van der Waals surface area contributed by atoms with Crippen LogP contribution in [0.15, 0.2) is 29.1 Å². The van der Waals surface area contributed by atoms with E-state index in [0.717, 1.165) is 22.2 Å². The molecule has 7 heteroatoms. The van der Waals surface area contributed by atoms with Gasteiger partial charge in [0.1, 0.15) is 0 Å². The van der Waals surface area contributed by atoms with Crippen molar-refractivity contribution in [1.29, 1.82) is 0 Å². The maximum Gasteiger partial charge on any atom is 0.274 e. The quantitative estimate of drug-likeness (QED) is 0.573. The molecule has 2 heterocycles. The van der Waals surface area contributed by atoms with Crippen LogP contribution in [-0.4, -0.2) is 21.6 Å². The Bertz CT molecular complexity index is 1290. The maximum atomic E-state index is 12.9. The predicted molar refractivity (Wildman–Crippen MR) is 105 cm³/mol. The van der Waals surface area contributed by atoms with Gasteiger partial charge in [0.25, 0.3) is 5.56 Å². The van der Waals surface area contributed by atoms with Gasteiger partial charge >= 0.3 is 0 Å². The zero-order valence-corrected chi connectivity index (χ0v) is 15.9. The Morgan fingerprint density at radius 2 is 2.08 bits per heavy atom. The molecule has 0 amide bonds. The summed E-state index contributed by atoms with van der Waals surface area (Å²) in [6.45, 7) is 4.04. The number of hydrogen-bond acceptors (Lipinski definition) is 5. The third-order valence-electron chi connectivity index (χ3n) is 4.50. The minimum atomic E-state index is -0.126. The van der Waals surface area contributed by atoms with Crippen molar-refractivity contribution in [2.45, 2.75) is 13.8 Å². The molecule has 132 valence electrons. The van der Waals surface area contributed by atoms with Crippen molar-refractivity contribution in [3.63, 3.8) is 0 Å². The second kappa shape index (κ2) is 6.00. The first-order chi connectivity index (χ1) is 12.4. The third-order valence-corrected chi connectivity index (χ3v) is 5.76. The lowest BCUT2D eigenvalue weighted by molar-refractivity contribution is 0.373. The SMILES string of the molecule is COc1cc(C=c2sc3nc4c(C)c(C)ccc4n3c2=O)cc(Cl)c1O. The van der Waals surface area contributed by atoms with Gasteiger partial charge in [-0.15, -0.1) is 0 Å². The van der Waals surface area contributed by atoms with E-state index in [1.54, 1.807) is 22.6 Å². The van der Waals surface area contributed by atoms with Crippen LogP contribution in [0.3, 0.4) is 0 Å². The normalized spacial score (nSPS) is 12.4. The standard InChI is InChI=1S/C19H15ClN2O3S/c1-9-4-5-13-16(10(9)2)21-19-22(13)18(24)15(26-19)8-11-6-12(20)17(23)14(7-11)25-3/h4-8,23H,1-3H3. The number of phenolic OH excluding ortho intramolecular Hbond substituents is 1. The van der Waals surface area contributed by atoms with Crippen LogP contribution in [0, 0.1) is 13.8 Å². The molecule has 0 aliphatic heterocycles. The Kier molecular flexibility index (Phi) is 3.89. The molecule has 4 rings (SSSR count). The van der Waals surface area contributed by atoms with Gasteiger partial charge in [-0.05, 0) is 54.8 Å². The van der Waals surface area contributed by atoms with Crippen LogP contribution in [0.2, 0.25) is 5.02 Å². The largest absolute Gasteiger partial charge is 0.503 e. The number of halogens is 1. The lowest BCUT2D eigenvalue weighted by Gasteiger charge is -2.05. The van der Waals surface area contributed by atoms with Crippen molar-refractivity contribution >= 4 is 45.0 Å². The number of hydrogen-bond donors (Lipinski definition) is 1. The zero-order valence-electron chi connectivity index (χ0n) is 14.3. The molecule has 0 fully saturated rings. The second-order valence-electron chi connectivity index (χ2n) is 6.07. The molecule has 0 unspecified atom stereocenters. The third kappa shape index (κ3) is 2.45. The molecule has 0 bridgehead atoms. The average Bonchev–Trinajstić information content (AvgIpc) is 3.12. The molecule has 1 N–H and O–H groups in total. The minimum absolute atomic E-state index is 0.119. The van der Waals surface area contributed by atoms with Crippen molar-refractivity contribution < 1.29 is 9.84 Å². The first kappa shape index (κ1) is 16.9. The summed E-state index contributed by atoms with van der Waals surface area (Å²) < 4.78 is 7.29. The fraction of sp³-hybridized carbons (Fsp3) is 0.158. The molecule has 2 aromatic heterocycles. The summed E-state index contributed by atoms with van der Waals surface area (Å²) in [6, 6.07) is 7.15. The van der Waals surface area contributed by atoms with Crippen LogP contribution in [-0.2, 0) is 0 Å². The van der Waals surface area contributed by atoms with Gasteiger partial charge < -0.3 is 9.84 Å². The summed E-state index contributed by atoms with van der Waals surface area (Å²) in [6.07, 6.45) is 1.72. The highest BCUT2D eigenvalue weighted by Crippen LogP contribution is 2.35. The Balaban J connectivity index is 1.98. The van der Waals surface area contributed by atoms with E-state index in [2.05, 4.69) is 4.98 Å². The average molecular weight is 387 g/mol. The van der Waals surface area contributed by atoms with Gasteiger partial charge in [0.15, 0.2) is 16.5 Å². The van der Waals surface area contributed by atoms with Crippen LogP contribution in [0.4, 0.5) is 0 Å². The number of fused-ring (bicyclic) bond motifs is 3. The minimum Gasteiger partial charge on any atom is -0.503 e. The molecule has 0 atom stereocenters. The van der Waals surface area contributed by atoms with Gasteiger partial charge in [-0.2, -0.15) is 0 Å². The summed E-state index contributed by atoms with van der Waals surface area (Å²) >= 11 is 7.35. The number of ether oxygens (including phenoxy) is 1. The molecule has 0 spiro atoms. The Labute approximate surface area is 157 Å². The number of aromatic hydroxyl groups is 1. The van der Waals surface area contributed by atoms with E-state index >= 15 is 0 Å². The summed E-state index contributed by atoms with van der Waals surface area (Å²) in [5.41, 5.74) is 4.44. The predicted octanol–water partition coefficient (Wildman–Crippen LogP) is 3.44. The molecule has 4 aromatic rings. The van der Waals surface area contributed by atoms with Crippen molar-refractivity contribution in [3.8, 4) is 11.5 Å². The number of aryl methyl sites for hydroxylation is 2. The van der Waals surface area contributed by atoms with E-state index in [-0.39, 0.29) is 22.1 Å². The highest BCUT2D eigenvalue weighted by Gasteiger charge is 2.14. The van der Waals surface area contributed by atoms with E-state index in [1.165, 1.54) is 18.4 Å². The topological polar surface area (TPSA) is 63.8 Å². The summed E-state index contributed by atoms with van der Waals surface area (Å²) in [5, 5.41) is 10.0. The van der Waals surface area contributed by atoms with E-state index in [4.69, 9.17) is 16.3 Å². The Morgan fingerprint density at radius 1 is 1.31 bits per heavy atom. The van der Waals surface area contributed by atoms with Crippen molar-refractivity contribution in [1.82, 2.24) is 9.38 Å². The van der Waals surface area contributed by atoms with Gasteiger partial charge in [0.2, 0.25) is 0 Å². The lowest BCUT2D eigenvalue weighted by atomic mass is 10.1. The highest BCUT2D eigenvalue weighted by molar-refractivity contribution is 7.15. The van der Waals surface area contributed by atoms with Gasteiger partial charge in [-0.1, -0.05) is 29.0 Å². The van der Waals surface area contributed by atoms with Crippen LogP contribution in [0.1, 0.15) is 16.7 Å². The fourth-order valence-electron chi connectivity index (χ4n) is 2.95. The van der Waals surface area contributed by atoms with Crippen molar-refractivity contribution in [2.75, 3.05) is 7.11 Å². The first-order valence-corrected chi connectivity index (χ1v) is 9.09. The number of imidazole rings is 1. The number of methoxy groups -OCH3 is 1. The number of benzene rings is 2. The van der Waals surface area contributed by atoms with E-state index in [0.29, 0.717) is 15.1 Å². The number of phenols is 1. The number of nitrogens with zero attached hydrogens (tertiary/aromatic N) is 2. The van der Waals surface area contributed by atoms with Crippen LogP contribution < -0.4 is 14.8 Å². The van der Waals surface area contributed by atoms with E-state index in [1.807, 2.05) is 26.0 Å². The zero-order chi connectivity index (χ0) is 18.6. The van der Waals surface area contributed by atoms with Crippen LogP contribution >= 0.6 is 22.9 Å². The van der Waals surface area contributed by atoms with Gasteiger partial charge in [-0.25, -0.2) is 9.38 Å². The molecule has 5 nitrogen and oxygen atoms in total. The molecule has 0 aliphatic rings. The van der Waals surface area contributed by atoms with Gasteiger partial charge in [-0.3, -0.25) is 4.79 Å². The van der Waals surface area contributed by atoms with E-state index < -0.39 is 0 Å².